The Labute approximate surface area is 193 Å². The number of hydrogen-bond acceptors (Lipinski definition) is 4. The zero-order valence-corrected chi connectivity index (χ0v) is 20.4. The molecule has 4 heteroatoms. The van der Waals surface area contributed by atoms with Crippen molar-refractivity contribution in [2.45, 2.75) is 66.2 Å². The largest absolute Gasteiger partial charge is 0.462 e. The molecular formula is C28H38O4. The average Bonchev–Trinajstić information content (AvgIpc) is 2.75. The Hall–Kier alpha value is -2.62. The maximum absolute atomic E-state index is 12.4. The van der Waals surface area contributed by atoms with Gasteiger partial charge in [0.25, 0.3) is 0 Å². The van der Waals surface area contributed by atoms with Crippen LogP contribution in [0.3, 0.4) is 0 Å². The van der Waals surface area contributed by atoms with E-state index in [4.69, 9.17) is 9.47 Å². The smallest absolute Gasteiger partial charge is 0.313 e. The summed E-state index contributed by atoms with van der Waals surface area (Å²) >= 11 is 0. The van der Waals surface area contributed by atoms with Crippen molar-refractivity contribution in [1.29, 1.82) is 0 Å². The van der Waals surface area contributed by atoms with Crippen LogP contribution in [0.5, 0.6) is 0 Å². The third kappa shape index (κ3) is 8.14. The van der Waals surface area contributed by atoms with Gasteiger partial charge in [-0.05, 0) is 60.8 Å². The van der Waals surface area contributed by atoms with Gasteiger partial charge in [0.1, 0.15) is 13.2 Å². The van der Waals surface area contributed by atoms with Crippen LogP contribution in [-0.2, 0) is 31.9 Å². The first-order valence-electron chi connectivity index (χ1n) is 11.7. The number of hydrogen-bond donors (Lipinski definition) is 0. The molecule has 0 aliphatic rings. The normalized spacial score (nSPS) is 13.1. The summed E-state index contributed by atoms with van der Waals surface area (Å²) < 4.78 is 10.7. The maximum Gasteiger partial charge on any atom is 0.313 e. The number of ether oxygens (including phenoxy) is 2. The molecule has 4 nitrogen and oxygen atoms in total. The molecule has 2 unspecified atom stereocenters. The van der Waals surface area contributed by atoms with Gasteiger partial charge in [0, 0.05) is 0 Å². The predicted octanol–water partition coefficient (Wildman–Crippen LogP) is 6.08. The van der Waals surface area contributed by atoms with E-state index in [1.54, 1.807) is 0 Å². The van der Waals surface area contributed by atoms with Crippen molar-refractivity contribution in [2.75, 3.05) is 13.2 Å². The topological polar surface area (TPSA) is 52.6 Å². The molecule has 0 aromatic heterocycles. The van der Waals surface area contributed by atoms with Crippen LogP contribution in [-0.4, -0.2) is 25.2 Å². The molecule has 2 aromatic rings. The molecule has 0 radical (unpaired) electrons. The molecule has 0 amide bonds. The van der Waals surface area contributed by atoms with E-state index >= 15 is 0 Å². The highest BCUT2D eigenvalue weighted by Crippen LogP contribution is 2.20. The Balaban J connectivity index is 1.75. The second kappa shape index (κ2) is 12.4. The predicted molar refractivity (Wildman–Crippen MR) is 129 cm³/mol. The van der Waals surface area contributed by atoms with E-state index < -0.39 is 0 Å². The summed E-state index contributed by atoms with van der Waals surface area (Å²) in [6, 6.07) is 16.2. The molecule has 0 aliphatic heterocycles. The number of benzene rings is 2. The van der Waals surface area contributed by atoms with Gasteiger partial charge < -0.3 is 9.47 Å². The average molecular weight is 439 g/mol. The van der Waals surface area contributed by atoms with E-state index in [0.717, 1.165) is 24.0 Å². The van der Waals surface area contributed by atoms with Crippen LogP contribution in [0.25, 0.3) is 0 Å². The van der Waals surface area contributed by atoms with Crippen molar-refractivity contribution in [2.24, 2.45) is 11.8 Å². The molecule has 0 spiro atoms. The van der Waals surface area contributed by atoms with Gasteiger partial charge in [0.05, 0.1) is 11.8 Å². The summed E-state index contributed by atoms with van der Waals surface area (Å²) in [4.78, 5) is 24.7. The molecule has 2 atom stereocenters. The lowest BCUT2D eigenvalue weighted by molar-refractivity contribution is -0.153. The summed E-state index contributed by atoms with van der Waals surface area (Å²) in [6.45, 7) is 12.5. The Bertz CT molecular complexity index is 777. The van der Waals surface area contributed by atoms with Crippen molar-refractivity contribution < 1.29 is 19.1 Å². The van der Waals surface area contributed by atoms with Crippen molar-refractivity contribution in [3.8, 4) is 0 Å². The number of rotatable bonds is 11. The zero-order valence-electron chi connectivity index (χ0n) is 20.4. The lowest BCUT2D eigenvalue weighted by Gasteiger charge is -2.15. The van der Waals surface area contributed by atoms with Gasteiger partial charge in [-0.1, -0.05) is 76.2 Å². The molecule has 174 valence electrons. The van der Waals surface area contributed by atoms with Crippen LogP contribution >= 0.6 is 0 Å². The first-order chi connectivity index (χ1) is 15.2. The van der Waals surface area contributed by atoms with E-state index in [1.165, 1.54) is 11.1 Å². The minimum absolute atomic E-state index is 0.0559. The monoisotopic (exact) mass is 438 g/mol. The van der Waals surface area contributed by atoms with Gasteiger partial charge in [0.15, 0.2) is 0 Å². The molecule has 0 bridgehead atoms. The standard InChI is InChI=1S/C28H38O4/c1-19(2)17-23-7-11-25(12-8-23)21(5)27(29)31-15-16-32-28(30)22(6)26-13-9-24(10-14-26)18-20(3)4/h7-14,19-22H,15-18H2,1-6H3. The maximum atomic E-state index is 12.4. The van der Waals surface area contributed by atoms with Gasteiger partial charge in [-0.2, -0.15) is 0 Å². The highest BCUT2D eigenvalue weighted by molar-refractivity contribution is 5.78. The summed E-state index contributed by atoms with van der Waals surface area (Å²) in [5, 5.41) is 0. The molecule has 0 saturated carbocycles. The number of carbonyl (C=O) groups excluding carboxylic acids is 2. The molecule has 2 rings (SSSR count). The van der Waals surface area contributed by atoms with Gasteiger partial charge in [0.2, 0.25) is 0 Å². The van der Waals surface area contributed by atoms with Crippen LogP contribution in [0, 0.1) is 11.8 Å². The Morgan fingerprint density at radius 1 is 0.594 bits per heavy atom. The lowest BCUT2D eigenvalue weighted by atomic mass is 9.97. The summed E-state index contributed by atoms with van der Waals surface area (Å²) in [5.74, 6) is -0.155. The molecule has 0 fully saturated rings. The minimum Gasteiger partial charge on any atom is -0.462 e. The second-order valence-corrected chi connectivity index (χ2v) is 9.46. The minimum atomic E-state index is -0.359. The SMILES string of the molecule is CC(C)Cc1ccc(C(C)C(=O)OCCOC(=O)C(C)c2ccc(CC(C)C)cc2)cc1. The van der Waals surface area contributed by atoms with Crippen LogP contribution in [0.2, 0.25) is 0 Å². The Morgan fingerprint density at radius 2 is 0.906 bits per heavy atom. The first-order valence-corrected chi connectivity index (χ1v) is 11.7. The van der Waals surface area contributed by atoms with Crippen LogP contribution < -0.4 is 0 Å². The fraction of sp³-hybridized carbons (Fsp3) is 0.500. The highest BCUT2D eigenvalue weighted by atomic mass is 16.6. The third-order valence-electron chi connectivity index (χ3n) is 5.53. The van der Waals surface area contributed by atoms with Crippen LogP contribution in [0.15, 0.2) is 48.5 Å². The van der Waals surface area contributed by atoms with Crippen molar-refractivity contribution in [3.05, 3.63) is 70.8 Å². The Morgan fingerprint density at radius 3 is 1.19 bits per heavy atom. The number of esters is 2. The summed E-state index contributed by atoms with van der Waals surface area (Å²) in [6.07, 6.45) is 2.04. The number of carbonyl (C=O) groups is 2. The molecule has 32 heavy (non-hydrogen) atoms. The van der Waals surface area contributed by atoms with Gasteiger partial charge >= 0.3 is 11.9 Å². The van der Waals surface area contributed by atoms with E-state index in [2.05, 4.69) is 52.0 Å². The van der Waals surface area contributed by atoms with E-state index in [-0.39, 0.29) is 37.0 Å². The molecular weight excluding hydrogens is 400 g/mol. The van der Waals surface area contributed by atoms with Crippen molar-refractivity contribution in [1.82, 2.24) is 0 Å². The quantitative estimate of drug-likeness (QED) is 0.315. The highest BCUT2D eigenvalue weighted by Gasteiger charge is 2.19. The molecule has 2 aromatic carbocycles. The molecule has 0 N–H and O–H groups in total. The van der Waals surface area contributed by atoms with E-state index in [1.807, 2.05) is 38.1 Å². The Kier molecular flexibility index (Phi) is 9.96. The molecule has 0 saturated heterocycles. The van der Waals surface area contributed by atoms with Gasteiger partial charge in [-0.15, -0.1) is 0 Å². The lowest BCUT2D eigenvalue weighted by Crippen LogP contribution is -2.20. The van der Waals surface area contributed by atoms with Crippen molar-refractivity contribution >= 4 is 11.9 Å². The van der Waals surface area contributed by atoms with E-state index in [9.17, 15) is 9.59 Å². The fourth-order valence-corrected chi connectivity index (χ4v) is 3.63. The molecule has 0 heterocycles. The van der Waals surface area contributed by atoms with Crippen LogP contribution in [0.4, 0.5) is 0 Å². The second-order valence-electron chi connectivity index (χ2n) is 9.46. The third-order valence-corrected chi connectivity index (χ3v) is 5.53. The molecule has 0 aliphatic carbocycles. The zero-order chi connectivity index (χ0) is 23.7. The van der Waals surface area contributed by atoms with Crippen molar-refractivity contribution in [3.63, 3.8) is 0 Å². The first kappa shape index (κ1) is 25.6. The summed E-state index contributed by atoms with van der Waals surface area (Å²) in [7, 11) is 0. The van der Waals surface area contributed by atoms with Gasteiger partial charge in [-0.25, -0.2) is 0 Å². The summed E-state index contributed by atoms with van der Waals surface area (Å²) in [5.41, 5.74) is 4.38. The van der Waals surface area contributed by atoms with Gasteiger partial charge in [-0.3, -0.25) is 9.59 Å². The van der Waals surface area contributed by atoms with E-state index in [0.29, 0.717) is 11.8 Å². The fourth-order valence-electron chi connectivity index (χ4n) is 3.63. The van der Waals surface area contributed by atoms with Crippen LogP contribution in [0.1, 0.15) is 75.6 Å².